The number of aromatic amines is 1. The Kier molecular flexibility index (Phi) is 6.02. The maximum atomic E-state index is 13.0. The number of alkyl halides is 3. The van der Waals surface area contributed by atoms with E-state index in [1.165, 1.54) is 23.1 Å². The molecule has 4 heterocycles. The first-order chi connectivity index (χ1) is 17.2. The van der Waals surface area contributed by atoms with Crippen LogP contribution in [0.5, 0.6) is 5.75 Å². The van der Waals surface area contributed by atoms with Crippen LogP contribution in [0.4, 0.5) is 18.0 Å². The molecule has 190 valence electrons. The quantitative estimate of drug-likeness (QED) is 0.579. The molecule has 14 heteroatoms. The van der Waals surface area contributed by atoms with Crippen LogP contribution < -0.4 is 4.74 Å². The number of nitrogens with zero attached hydrogens (tertiary/aromatic N) is 6. The number of carbonyl (C=O) groups excluding carboxylic acids is 2. The van der Waals surface area contributed by atoms with E-state index in [4.69, 9.17) is 4.74 Å². The van der Waals surface area contributed by atoms with Crippen molar-refractivity contribution in [1.82, 2.24) is 35.0 Å². The number of rotatable bonds is 4. The minimum atomic E-state index is -4.78. The smallest absolute Gasteiger partial charge is 0.445 e. The average molecular weight is 505 g/mol. The molecule has 0 saturated carbocycles. The van der Waals surface area contributed by atoms with Gasteiger partial charge >= 0.3 is 12.5 Å². The van der Waals surface area contributed by atoms with Gasteiger partial charge in [0.2, 0.25) is 0 Å². The van der Waals surface area contributed by atoms with E-state index in [1.54, 1.807) is 22.6 Å². The topological polar surface area (TPSA) is 118 Å². The van der Waals surface area contributed by atoms with E-state index in [9.17, 15) is 22.8 Å². The minimum absolute atomic E-state index is 0.102. The van der Waals surface area contributed by atoms with Crippen LogP contribution in [-0.4, -0.2) is 66.4 Å². The largest absolute Gasteiger partial charge is 0.573 e. The van der Waals surface area contributed by atoms with Gasteiger partial charge in [0.15, 0.2) is 5.69 Å². The lowest BCUT2D eigenvalue weighted by Gasteiger charge is -2.27. The lowest BCUT2D eigenvalue weighted by molar-refractivity contribution is -0.274. The second-order valence-electron chi connectivity index (χ2n) is 8.55. The molecule has 0 radical (unpaired) electrons. The van der Waals surface area contributed by atoms with Gasteiger partial charge in [-0.2, -0.15) is 20.5 Å². The van der Waals surface area contributed by atoms with Gasteiger partial charge in [0.05, 0.1) is 31.0 Å². The molecular weight excluding hydrogens is 483 g/mol. The van der Waals surface area contributed by atoms with Crippen LogP contribution in [0.15, 0.2) is 24.3 Å². The van der Waals surface area contributed by atoms with Crippen LogP contribution in [-0.2, 0) is 37.4 Å². The number of ether oxygens (including phenoxy) is 2. The molecule has 36 heavy (non-hydrogen) atoms. The van der Waals surface area contributed by atoms with Crippen molar-refractivity contribution in [2.45, 2.75) is 45.9 Å². The molecule has 5 rings (SSSR count). The summed E-state index contributed by atoms with van der Waals surface area (Å²) in [6, 6.07) is 5.51. The molecule has 0 bridgehead atoms. The Morgan fingerprint density at radius 1 is 1.06 bits per heavy atom. The maximum absolute atomic E-state index is 13.0. The number of nitrogens with one attached hydrogen (secondary N) is 1. The summed E-state index contributed by atoms with van der Waals surface area (Å²) in [5, 5.41) is 15.1. The highest BCUT2D eigenvalue weighted by molar-refractivity contribution is 5.92. The predicted molar refractivity (Wildman–Crippen MR) is 116 cm³/mol. The van der Waals surface area contributed by atoms with Crippen LogP contribution >= 0.6 is 0 Å². The van der Waals surface area contributed by atoms with Gasteiger partial charge in [0.1, 0.15) is 18.1 Å². The number of H-pyrrole nitrogens is 1. The SMILES string of the molecule is Cc1cc(OC(F)(F)F)ccc1COC(=O)N1CCn2nc(C(=O)N3CCc4n[nH]nc4C3)cc2C1. The summed E-state index contributed by atoms with van der Waals surface area (Å²) in [7, 11) is 0. The summed E-state index contributed by atoms with van der Waals surface area (Å²) in [6.45, 7) is 3.32. The van der Waals surface area contributed by atoms with E-state index >= 15 is 0 Å². The molecule has 0 spiro atoms. The van der Waals surface area contributed by atoms with Gasteiger partial charge in [-0.25, -0.2) is 4.79 Å². The number of hydrogen-bond donors (Lipinski definition) is 1. The number of aromatic nitrogens is 5. The monoisotopic (exact) mass is 505 g/mol. The first-order valence-corrected chi connectivity index (χ1v) is 11.2. The van der Waals surface area contributed by atoms with Crippen molar-refractivity contribution in [3.63, 3.8) is 0 Å². The minimum Gasteiger partial charge on any atom is -0.445 e. The lowest BCUT2D eigenvalue weighted by atomic mass is 10.1. The Morgan fingerprint density at radius 3 is 2.64 bits per heavy atom. The third-order valence-corrected chi connectivity index (χ3v) is 6.12. The zero-order chi connectivity index (χ0) is 25.4. The number of aryl methyl sites for hydroxylation is 1. The van der Waals surface area contributed by atoms with Crippen molar-refractivity contribution >= 4 is 12.0 Å². The second-order valence-corrected chi connectivity index (χ2v) is 8.55. The van der Waals surface area contributed by atoms with Crippen LogP contribution in [0.25, 0.3) is 0 Å². The third-order valence-electron chi connectivity index (χ3n) is 6.12. The third kappa shape index (κ3) is 4.97. The van der Waals surface area contributed by atoms with Gasteiger partial charge in [-0.1, -0.05) is 6.07 Å². The summed E-state index contributed by atoms with van der Waals surface area (Å²) in [6.07, 6.45) is -4.73. The highest BCUT2D eigenvalue weighted by Gasteiger charge is 2.31. The van der Waals surface area contributed by atoms with Crippen LogP contribution in [0, 0.1) is 6.92 Å². The molecule has 2 aliphatic rings. The maximum Gasteiger partial charge on any atom is 0.573 e. The van der Waals surface area contributed by atoms with Gasteiger partial charge in [0.25, 0.3) is 5.91 Å². The fourth-order valence-corrected chi connectivity index (χ4v) is 4.22. The first-order valence-electron chi connectivity index (χ1n) is 11.2. The van der Waals surface area contributed by atoms with E-state index in [0.29, 0.717) is 55.1 Å². The fourth-order valence-electron chi connectivity index (χ4n) is 4.22. The van der Waals surface area contributed by atoms with Crippen molar-refractivity contribution in [3.8, 4) is 5.75 Å². The molecule has 2 aliphatic heterocycles. The van der Waals surface area contributed by atoms with Crippen molar-refractivity contribution < 1.29 is 32.2 Å². The Hall–Kier alpha value is -4.10. The summed E-state index contributed by atoms with van der Waals surface area (Å²) in [5.74, 6) is -0.552. The molecular formula is C22H22F3N7O4. The number of halogens is 3. The molecule has 0 fully saturated rings. The number of benzene rings is 1. The highest BCUT2D eigenvalue weighted by Crippen LogP contribution is 2.25. The molecule has 1 aromatic carbocycles. The molecule has 11 nitrogen and oxygen atoms in total. The molecule has 0 saturated heterocycles. The summed E-state index contributed by atoms with van der Waals surface area (Å²) in [5.41, 5.74) is 3.65. The predicted octanol–water partition coefficient (Wildman–Crippen LogP) is 2.56. The van der Waals surface area contributed by atoms with Gasteiger partial charge in [-0.05, 0) is 36.2 Å². The summed E-state index contributed by atoms with van der Waals surface area (Å²) in [4.78, 5) is 28.8. The Balaban J connectivity index is 1.18. The van der Waals surface area contributed by atoms with Gasteiger partial charge in [0, 0.05) is 19.5 Å². The molecule has 3 aromatic rings. The van der Waals surface area contributed by atoms with Gasteiger partial charge in [-0.15, -0.1) is 13.2 Å². The lowest BCUT2D eigenvalue weighted by Crippen LogP contribution is -2.38. The number of hydrogen-bond acceptors (Lipinski definition) is 7. The van der Waals surface area contributed by atoms with E-state index in [0.717, 1.165) is 11.4 Å². The van der Waals surface area contributed by atoms with Gasteiger partial charge in [-0.3, -0.25) is 9.48 Å². The standard InChI is InChI=1S/C22H22F3N7O4/c1-13-8-16(36-22(23,24)25)3-2-14(13)12-35-21(34)31-6-7-32-15(10-31)9-18(28-32)20(33)30-5-4-17-19(11-30)27-29-26-17/h2-3,8-9H,4-7,10-12H2,1H3,(H,26,27,29). The highest BCUT2D eigenvalue weighted by atomic mass is 19.4. The second kappa shape index (κ2) is 9.17. The molecule has 1 N–H and O–H groups in total. The van der Waals surface area contributed by atoms with Crippen molar-refractivity contribution in [2.24, 2.45) is 0 Å². The zero-order valence-corrected chi connectivity index (χ0v) is 19.2. The number of carbonyl (C=O) groups is 2. The molecule has 0 aliphatic carbocycles. The molecule has 0 unspecified atom stereocenters. The van der Waals surface area contributed by atoms with Gasteiger partial charge < -0.3 is 19.3 Å². The van der Waals surface area contributed by atoms with Crippen molar-refractivity contribution in [3.05, 3.63) is 58.2 Å². The van der Waals surface area contributed by atoms with E-state index in [2.05, 4.69) is 25.2 Å². The van der Waals surface area contributed by atoms with E-state index in [1.807, 2.05) is 0 Å². The fraction of sp³-hybridized carbons (Fsp3) is 0.409. The van der Waals surface area contributed by atoms with Crippen LogP contribution in [0.2, 0.25) is 0 Å². The summed E-state index contributed by atoms with van der Waals surface area (Å²) < 4.78 is 48.2. The Bertz CT molecular complexity index is 1300. The van der Waals surface area contributed by atoms with Crippen LogP contribution in [0.1, 0.15) is 38.7 Å². The normalized spacial score (nSPS) is 15.3. The Labute approximate surface area is 202 Å². The Morgan fingerprint density at radius 2 is 1.86 bits per heavy atom. The van der Waals surface area contributed by atoms with E-state index in [-0.39, 0.29) is 24.8 Å². The van der Waals surface area contributed by atoms with Crippen molar-refractivity contribution in [2.75, 3.05) is 13.1 Å². The zero-order valence-electron chi connectivity index (χ0n) is 19.2. The molecule has 2 amide bonds. The van der Waals surface area contributed by atoms with Crippen molar-refractivity contribution in [1.29, 1.82) is 0 Å². The molecule has 0 atom stereocenters. The number of amides is 2. The average Bonchev–Trinajstić information content (AvgIpc) is 3.47. The van der Waals surface area contributed by atoms with E-state index < -0.39 is 12.5 Å². The summed E-state index contributed by atoms with van der Waals surface area (Å²) >= 11 is 0. The van der Waals surface area contributed by atoms with Crippen LogP contribution in [0.3, 0.4) is 0 Å². The first kappa shape index (κ1) is 23.6. The molecule has 2 aromatic heterocycles. The number of fused-ring (bicyclic) bond motifs is 2.